The van der Waals surface area contributed by atoms with E-state index in [0.29, 0.717) is 0 Å². The van der Waals surface area contributed by atoms with Gasteiger partial charge in [-0.2, -0.15) is 0 Å². The molecule has 72 heavy (non-hydrogen) atoms. The van der Waals surface area contributed by atoms with E-state index in [0.717, 1.165) is 22.7 Å². The molecular formula is C70H50N2. The molecule has 0 N–H and O–H groups in total. The van der Waals surface area contributed by atoms with Crippen LogP contribution < -0.4 is 9.80 Å². The minimum atomic E-state index is -0.576. The first-order chi connectivity index (χ1) is 35.5. The van der Waals surface area contributed by atoms with E-state index in [1.807, 2.05) is 0 Å². The van der Waals surface area contributed by atoms with Crippen LogP contribution in [-0.4, -0.2) is 0 Å². The van der Waals surface area contributed by atoms with Gasteiger partial charge in [-0.1, -0.05) is 226 Å². The van der Waals surface area contributed by atoms with E-state index in [1.165, 1.54) is 100 Å². The molecule has 0 aromatic heterocycles. The molecule has 11 aromatic carbocycles. The Morgan fingerprint density at radius 3 is 1.33 bits per heavy atom. The molecule has 1 aliphatic heterocycles. The van der Waals surface area contributed by atoms with Gasteiger partial charge in [0, 0.05) is 28.0 Å². The van der Waals surface area contributed by atoms with Crippen molar-refractivity contribution in [2.75, 3.05) is 9.80 Å². The number of nitrogens with zero attached hydrogens (tertiary/aromatic N) is 2. The van der Waals surface area contributed by atoms with Gasteiger partial charge in [-0.3, -0.25) is 0 Å². The molecule has 2 aliphatic carbocycles. The van der Waals surface area contributed by atoms with Crippen LogP contribution in [0.1, 0.15) is 47.2 Å². The summed E-state index contributed by atoms with van der Waals surface area (Å²) in [6.45, 7) is 4.76. The number of hydrogen-bond acceptors (Lipinski definition) is 2. The average molecular weight is 919 g/mol. The maximum absolute atomic E-state index is 2.52. The Labute approximate surface area is 422 Å². The van der Waals surface area contributed by atoms with Crippen LogP contribution in [-0.2, 0) is 10.8 Å². The molecule has 2 nitrogen and oxygen atoms in total. The number of para-hydroxylation sites is 3. The zero-order valence-electron chi connectivity index (χ0n) is 40.3. The summed E-state index contributed by atoms with van der Waals surface area (Å²) in [7, 11) is 0. The molecule has 1 heterocycles. The van der Waals surface area contributed by atoms with Gasteiger partial charge in [0.05, 0.1) is 22.5 Å². The Morgan fingerprint density at radius 2 is 0.736 bits per heavy atom. The van der Waals surface area contributed by atoms with Gasteiger partial charge in [-0.05, 0) is 138 Å². The van der Waals surface area contributed by atoms with Crippen LogP contribution in [0.5, 0.6) is 0 Å². The van der Waals surface area contributed by atoms with Crippen molar-refractivity contribution in [3.05, 3.63) is 300 Å². The van der Waals surface area contributed by atoms with Gasteiger partial charge in [0.1, 0.15) is 0 Å². The maximum Gasteiger partial charge on any atom is 0.0755 e. The lowest BCUT2D eigenvalue weighted by Gasteiger charge is -2.45. The van der Waals surface area contributed by atoms with Gasteiger partial charge < -0.3 is 9.80 Å². The highest BCUT2D eigenvalue weighted by Crippen LogP contribution is 2.65. The van der Waals surface area contributed by atoms with Gasteiger partial charge in [0.2, 0.25) is 0 Å². The first kappa shape index (κ1) is 41.9. The molecule has 2 heteroatoms. The molecule has 0 radical (unpaired) electrons. The molecule has 14 rings (SSSR count). The van der Waals surface area contributed by atoms with E-state index in [2.05, 4.69) is 291 Å². The highest BCUT2D eigenvalue weighted by Gasteiger charge is 2.52. The summed E-state index contributed by atoms with van der Waals surface area (Å²) in [5.41, 5.74) is 26.4. The van der Waals surface area contributed by atoms with E-state index in [4.69, 9.17) is 0 Å². The molecular weight excluding hydrogens is 869 g/mol. The van der Waals surface area contributed by atoms with Crippen molar-refractivity contribution >= 4 is 34.1 Å². The molecule has 0 saturated heterocycles. The van der Waals surface area contributed by atoms with E-state index in [9.17, 15) is 0 Å². The molecule has 0 atom stereocenters. The first-order valence-electron chi connectivity index (χ1n) is 25.2. The van der Waals surface area contributed by atoms with Crippen LogP contribution in [0.3, 0.4) is 0 Å². The zero-order valence-corrected chi connectivity index (χ0v) is 40.3. The second kappa shape index (κ2) is 16.3. The predicted octanol–water partition coefficient (Wildman–Crippen LogP) is 18.6. The fourth-order valence-corrected chi connectivity index (χ4v) is 12.6. The lowest BCUT2D eigenvalue weighted by molar-refractivity contribution is 0.660. The summed E-state index contributed by atoms with van der Waals surface area (Å²) in [6.07, 6.45) is 0. The largest absolute Gasteiger partial charge is 0.310 e. The number of rotatable bonds is 7. The number of fused-ring (bicyclic) bond motifs is 12. The summed E-state index contributed by atoms with van der Waals surface area (Å²) in [5, 5.41) is 0. The van der Waals surface area contributed by atoms with Gasteiger partial charge in [-0.25, -0.2) is 0 Å². The minimum absolute atomic E-state index is 0.164. The average Bonchev–Trinajstić information content (AvgIpc) is 3.88. The smallest absolute Gasteiger partial charge is 0.0755 e. The standard InChI is InChI=1S/C70H50N2/c1-69(2)59-24-11-9-22-56(59)57-45-44-55(46-64(57)69)71(54-42-40-52(41-43-54)51-38-36-50(37-39-51)49-34-32-48(33-35-49)47-18-5-3-6-19-47)67-31-17-28-63-68(67)58-23-10-12-25-60(58)70(63)61-26-13-15-29-65(61)72(53-20-7-4-8-21-53)66-30-16-14-27-62(66)70/h3-46H,1-2H3. The third kappa shape index (κ3) is 6.22. The molecule has 3 aliphatic rings. The van der Waals surface area contributed by atoms with Crippen molar-refractivity contribution in [3.8, 4) is 55.6 Å². The van der Waals surface area contributed by atoms with Gasteiger partial charge in [0.15, 0.2) is 0 Å². The zero-order chi connectivity index (χ0) is 48.0. The van der Waals surface area contributed by atoms with Crippen LogP contribution in [0, 0.1) is 0 Å². The third-order valence-corrected chi connectivity index (χ3v) is 15.9. The van der Waals surface area contributed by atoms with Crippen LogP contribution >= 0.6 is 0 Å². The Balaban J connectivity index is 0.929. The van der Waals surface area contributed by atoms with Gasteiger partial charge >= 0.3 is 0 Å². The van der Waals surface area contributed by atoms with Gasteiger partial charge in [-0.15, -0.1) is 0 Å². The molecule has 0 bridgehead atoms. The van der Waals surface area contributed by atoms with E-state index in [1.54, 1.807) is 0 Å². The van der Waals surface area contributed by atoms with Crippen LogP contribution in [0.4, 0.5) is 34.1 Å². The molecule has 340 valence electrons. The number of benzene rings is 11. The quantitative estimate of drug-likeness (QED) is 0.157. The monoisotopic (exact) mass is 918 g/mol. The topological polar surface area (TPSA) is 6.48 Å². The highest BCUT2D eigenvalue weighted by atomic mass is 15.2. The lowest BCUT2D eigenvalue weighted by Crippen LogP contribution is -2.36. The summed E-state index contributed by atoms with van der Waals surface area (Å²) >= 11 is 0. The van der Waals surface area contributed by atoms with Crippen LogP contribution in [0.2, 0.25) is 0 Å². The second-order valence-corrected chi connectivity index (χ2v) is 20.0. The van der Waals surface area contributed by atoms with Gasteiger partial charge in [0.25, 0.3) is 0 Å². The Hall–Kier alpha value is -8.98. The maximum atomic E-state index is 2.52. The summed E-state index contributed by atoms with van der Waals surface area (Å²) in [5.74, 6) is 0. The molecule has 11 aromatic rings. The van der Waals surface area contributed by atoms with Crippen LogP contribution in [0.15, 0.2) is 267 Å². The van der Waals surface area contributed by atoms with Crippen molar-refractivity contribution in [1.29, 1.82) is 0 Å². The Bertz CT molecular complexity index is 3820. The van der Waals surface area contributed by atoms with Crippen molar-refractivity contribution in [2.24, 2.45) is 0 Å². The fraction of sp³-hybridized carbons (Fsp3) is 0.0571. The molecule has 0 amide bonds. The van der Waals surface area contributed by atoms with Crippen molar-refractivity contribution in [2.45, 2.75) is 24.7 Å². The molecule has 0 saturated carbocycles. The number of hydrogen-bond donors (Lipinski definition) is 0. The van der Waals surface area contributed by atoms with Crippen molar-refractivity contribution in [3.63, 3.8) is 0 Å². The predicted molar refractivity (Wildman–Crippen MR) is 301 cm³/mol. The highest BCUT2D eigenvalue weighted by molar-refractivity contribution is 6.01. The Kier molecular flexibility index (Phi) is 9.50. The molecule has 1 spiro atoms. The minimum Gasteiger partial charge on any atom is -0.310 e. The summed E-state index contributed by atoms with van der Waals surface area (Å²) in [6, 6.07) is 99.0. The summed E-state index contributed by atoms with van der Waals surface area (Å²) in [4.78, 5) is 4.98. The third-order valence-electron chi connectivity index (χ3n) is 15.9. The second-order valence-electron chi connectivity index (χ2n) is 20.0. The molecule has 0 unspecified atom stereocenters. The SMILES string of the molecule is CC1(C)c2ccccc2-c2ccc(N(c3ccc(-c4ccc(-c5ccc(-c6ccccc6)cc5)cc4)cc3)c3cccc4c3-c3ccccc3C43c4ccccc4N(c4ccccc4)c4ccccc43)cc21. The van der Waals surface area contributed by atoms with Crippen molar-refractivity contribution < 1.29 is 0 Å². The Morgan fingerprint density at radius 1 is 0.306 bits per heavy atom. The lowest BCUT2D eigenvalue weighted by atomic mass is 9.64. The molecule has 0 fully saturated rings. The van der Waals surface area contributed by atoms with E-state index in [-0.39, 0.29) is 5.41 Å². The van der Waals surface area contributed by atoms with Crippen LogP contribution in [0.25, 0.3) is 55.6 Å². The summed E-state index contributed by atoms with van der Waals surface area (Å²) < 4.78 is 0. The normalized spacial score (nSPS) is 13.9. The first-order valence-corrected chi connectivity index (χ1v) is 25.2. The van der Waals surface area contributed by atoms with E-state index >= 15 is 0 Å². The fourth-order valence-electron chi connectivity index (χ4n) is 12.6. The van der Waals surface area contributed by atoms with Crippen molar-refractivity contribution in [1.82, 2.24) is 0 Å². The number of anilines is 6. The van der Waals surface area contributed by atoms with E-state index < -0.39 is 5.41 Å².